The minimum Gasteiger partial charge on any atom is -0.456 e. The van der Waals surface area contributed by atoms with Gasteiger partial charge in [-0.1, -0.05) is 12.1 Å². The molecule has 0 unspecified atom stereocenters. The van der Waals surface area contributed by atoms with Crippen LogP contribution < -0.4 is 0 Å². The maximum atomic E-state index is 12.9. The van der Waals surface area contributed by atoms with Crippen LogP contribution in [0.4, 0.5) is 0 Å². The van der Waals surface area contributed by atoms with Gasteiger partial charge in [0, 0.05) is 32.1 Å². The van der Waals surface area contributed by atoms with Crippen molar-refractivity contribution in [3.8, 4) is 0 Å². The topological polar surface area (TPSA) is 81.6 Å². The number of rotatable bonds is 4. The van der Waals surface area contributed by atoms with Crippen LogP contribution in [0.5, 0.6) is 0 Å². The normalized spacial score (nSPS) is 21.1. The smallest absolute Gasteiger partial charge is 0.290 e. The number of amides is 1. The fourth-order valence-electron chi connectivity index (χ4n) is 2.94. The molecule has 1 fully saturated rings. The van der Waals surface area contributed by atoms with E-state index in [1.54, 1.807) is 18.9 Å². The molecule has 0 spiro atoms. The molecule has 2 atom stereocenters. The Hall–Kier alpha value is -2.15. The van der Waals surface area contributed by atoms with Gasteiger partial charge in [-0.2, -0.15) is 4.98 Å². The average molecular weight is 319 g/mol. The van der Waals surface area contributed by atoms with Crippen LogP contribution in [0, 0.1) is 13.8 Å². The van der Waals surface area contributed by atoms with Gasteiger partial charge in [-0.05, 0) is 19.9 Å². The second kappa shape index (κ2) is 6.16. The second-order valence-corrected chi connectivity index (χ2v) is 5.82. The number of hydrogen-bond donors (Lipinski definition) is 0. The molecule has 2 aromatic heterocycles. The summed E-state index contributed by atoms with van der Waals surface area (Å²) in [7, 11) is 1.64. The van der Waals surface area contributed by atoms with E-state index >= 15 is 0 Å². The number of aromatic nitrogens is 2. The molecule has 0 N–H and O–H groups in total. The first-order valence-electron chi connectivity index (χ1n) is 7.76. The van der Waals surface area contributed by atoms with Crippen molar-refractivity contribution in [2.24, 2.45) is 0 Å². The van der Waals surface area contributed by atoms with E-state index in [9.17, 15) is 4.79 Å². The molecule has 0 saturated carbocycles. The van der Waals surface area contributed by atoms with E-state index in [4.69, 9.17) is 13.7 Å². The standard InChI is InChI=1S/C16H21N3O4/c1-5-11-6-9(2)14(22-11)16(20)19-8-12(21-4)7-13(19)15-17-10(3)18-23-15/h6,12-13H,5,7-8H2,1-4H3/t12-,13-/m1/s1. The fraction of sp³-hybridized carbons (Fsp3) is 0.562. The van der Waals surface area contributed by atoms with E-state index in [1.165, 1.54) is 0 Å². The van der Waals surface area contributed by atoms with Gasteiger partial charge in [-0.25, -0.2) is 0 Å². The zero-order valence-corrected chi connectivity index (χ0v) is 13.8. The summed E-state index contributed by atoms with van der Waals surface area (Å²) >= 11 is 0. The van der Waals surface area contributed by atoms with Gasteiger partial charge >= 0.3 is 0 Å². The maximum absolute atomic E-state index is 12.9. The SMILES string of the molecule is CCc1cc(C)c(C(=O)N2C[C@H](OC)C[C@@H]2c2nc(C)no2)o1. The number of carbonyl (C=O) groups is 1. The van der Waals surface area contributed by atoms with Gasteiger partial charge in [0.2, 0.25) is 5.89 Å². The Bertz CT molecular complexity index is 706. The molecular formula is C16H21N3O4. The third kappa shape index (κ3) is 2.88. The van der Waals surface area contributed by atoms with E-state index < -0.39 is 0 Å². The molecule has 0 aromatic carbocycles. The second-order valence-electron chi connectivity index (χ2n) is 5.82. The van der Waals surface area contributed by atoms with Crippen LogP contribution in [0.2, 0.25) is 0 Å². The van der Waals surface area contributed by atoms with Crippen molar-refractivity contribution in [2.75, 3.05) is 13.7 Å². The van der Waals surface area contributed by atoms with Crippen molar-refractivity contribution >= 4 is 5.91 Å². The summed E-state index contributed by atoms with van der Waals surface area (Å²) in [6.07, 6.45) is 1.32. The number of aryl methyl sites for hydroxylation is 3. The first-order chi connectivity index (χ1) is 11.0. The van der Waals surface area contributed by atoms with Gasteiger partial charge < -0.3 is 18.6 Å². The molecule has 124 valence electrons. The summed E-state index contributed by atoms with van der Waals surface area (Å²) in [6, 6.07) is 1.62. The molecule has 23 heavy (non-hydrogen) atoms. The molecule has 7 heteroatoms. The summed E-state index contributed by atoms with van der Waals surface area (Å²) in [4.78, 5) is 18.9. The van der Waals surface area contributed by atoms with Gasteiger partial charge in [0.25, 0.3) is 5.91 Å². The molecule has 1 aliphatic heterocycles. The molecule has 0 aliphatic carbocycles. The van der Waals surface area contributed by atoms with E-state index in [1.807, 2.05) is 19.9 Å². The predicted octanol–water partition coefficient (Wildman–Crippen LogP) is 2.44. The first kappa shape index (κ1) is 15.7. The van der Waals surface area contributed by atoms with Crippen LogP contribution in [-0.4, -0.2) is 40.7 Å². The Morgan fingerprint density at radius 1 is 1.48 bits per heavy atom. The Morgan fingerprint density at radius 2 is 2.26 bits per heavy atom. The quantitative estimate of drug-likeness (QED) is 0.861. The van der Waals surface area contributed by atoms with Crippen LogP contribution in [0.25, 0.3) is 0 Å². The van der Waals surface area contributed by atoms with Crippen LogP contribution in [0.15, 0.2) is 15.0 Å². The van der Waals surface area contributed by atoms with Crippen molar-refractivity contribution < 1.29 is 18.5 Å². The molecule has 3 rings (SSSR count). The lowest BCUT2D eigenvalue weighted by Crippen LogP contribution is -2.32. The summed E-state index contributed by atoms with van der Waals surface area (Å²) in [5.41, 5.74) is 0.841. The van der Waals surface area contributed by atoms with Crippen molar-refractivity contribution in [3.05, 3.63) is 34.9 Å². The van der Waals surface area contributed by atoms with Crippen molar-refractivity contribution in [1.82, 2.24) is 15.0 Å². The molecule has 1 aliphatic rings. The minimum atomic E-state index is -0.289. The van der Waals surface area contributed by atoms with Crippen molar-refractivity contribution in [1.29, 1.82) is 0 Å². The maximum Gasteiger partial charge on any atom is 0.290 e. The zero-order chi connectivity index (χ0) is 16.6. The number of hydrogen-bond acceptors (Lipinski definition) is 6. The summed E-state index contributed by atoms with van der Waals surface area (Å²) in [5, 5.41) is 3.83. The monoisotopic (exact) mass is 319 g/mol. The third-order valence-corrected chi connectivity index (χ3v) is 4.20. The highest BCUT2D eigenvalue weighted by Gasteiger charge is 2.41. The summed E-state index contributed by atoms with van der Waals surface area (Å²) < 4.78 is 16.4. The highest BCUT2D eigenvalue weighted by Crippen LogP contribution is 2.34. The van der Waals surface area contributed by atoms with E-state index in [0.29, 0.717) is 30.4 Å². The number of ether oxygens (including phenoxy) is 1. The highest BCUT2D eigenvalue weighted by atomic mass is 16.5. The Kier molecular flexibility index (Phi) is 4.21. The lowest BCUT2D eigenvalue weighted by Gasteiger charge is -2.20. The number of carbonyl (C=O) groups excluding carboxylic acids is 1. The Labute approximate surface area is 134 Å². The summed E-state index contributed by atoms with van der Waals surface area (Å²) in [6.45, 7) is 6.11. The lowest BCUT2D eigenvalue weighted by molar-refractivity contribution is 0.0637. The van der Waals surface area contributed by atoms with Crippen molar-refractivity contribution in [3.63, 3.8) is 0 Å². The van der Waals surface area contributed by atoms with Gasteiger partial charge in [0.15, 0.2) is 11.6 Å². The average Bonchev–Trinajstić information content (AvgIpc) is 3.23. The van der Waals surface area contributed by atoms with E-state index in [-0.39, 0.29) is 18.1 Å². The Balaban J connectivity index is 1.91. The lowest BCUT2D eigenvalue weighted by atomic mass is 10.2. The molecule has 1 saturated heterocycles. The highest BCUT2D eigenvalue weighted by molar-refractivity contribution is 5.93. The molecule has 0 bridgehead atoms. The summed E-state index contributed by atoms with van der Waals surface area (Å²) in [5.74, 6) is 2.01. The number of methoxy groups -OCH3 is 1. The van der Waals surface area contributed by atoms with Gasteiger partial charge in [0.05, 0.1) is 6.10 Å². The van der Waals surface area contributed by atoms with E-state index in [2.05, 4.69) is 10.1 Å². The molecule has 7 nitrogen and oxygen atoms in total. The van der Waals surface area contributed by atoms with Crippen LogP contribution >= 0.6 is 0 Å². The van der Waals surface area contributed by atoms with Gasteiger partial charge in [0.1, 0.15) is 11.8 Å². The fourth-order valence-corrected chi connectivity index (χ4v) is 2.94. The minimum absolute atomic E-state index is 0.0583. The van der Waals surface area contributed by atoms with Crippen LogP contribution in [-0.2, 0) is 11.2 Å². The molecular weight excluding hydrogens is 298 g/mol. The van der Waals surface area contributed by atoms with Gasteiger partial charge in [-0.15, -0.1) is 0 Å². The molecule has 3 heterocycles. The van der Waals surface area contributed by atoms with E-state index in [0.717, 1.165) is 17.7 Å². The largest absolute Gasteiger partial charge is 0.456 e. The first-order valence-corrected chi connectivity index (χ1v) is 7.76. The van der Waals surface area contributed by atoms with Crippen LogP contribution in [0.1, 0.15) is 53.0 Å². The predicted molar refractivity (Wildman–Crippen MR) is 81.0 cm³/mol. The number of likely N-dealkylation sites (tertiary alicyclic amines) is 1. The Morgan fingerprint density at radius 3 is 2.83 bits per heavy atom. The molecule has 1 amide bonds. The van der Waals surface area contributed by atoms with Gasteiger partial charge in [-0.3, -0.25) is 4.79 Å². The number of furan rings is 1. The van der Waals surface area contributed by atoms with Crippen molar-refractivity contribution in [2.45, 2.75) is 45.8 Å². The van der Waals surface area contributed by atoms with Crippen LogP contribution in [0.3, 0.4) is 0 Å². The third-order valence-electron chi connectivity index (χ3n) is 4.20. The zero-order valence-electron chi connectivity index (χ0n) is 13.8. The molecule has 2 aromatic rings. The molecule has 0 radical (unpaired) electrons. The number of nitrogens with zero attached hydrogens (tertiary/aromatic N) is 3.